The van der Waals surface area contributed by atoms with Crippen molar-refractivity contribution in [3.05, 3.63) is 0 Å². The van der Waals surface area contributed by atoms with Crippen molar-refractivity contribution < 1.29 is 17.9 Å². The van der Waals surface area contributed by atoms with Crippen molar-refractivity contribution in [2.24, 2.45) is 5.92 Å². The summed E-state index contributed by atoms with van der Waals surface area (Å²) in [5.41, 5.74) is 0. The van der Waals surface area contributed by atoms with Crippen LogP contribution in [0.2, 0.25) is 0 Å². The fraction of sp³-hybridized carbons (Fsp3) is 0.857. The largest absolute Gasteiger partial charge is 0.373 e. The third-order valence-corrected chi connectivity index (χ3v) is 4.91. The molecule has 3 saturated heterocycles. The smallest absolute Gasteiger partial charge is 0.241 e. The average Bonchev–Trinajstić information content (AvgIpc) is 2.63. The van der Waals surface area contributed by atoms with E-state index >= 15 is 0 Å². The zero-order valence-corrected chi connectivity index (χ0v) is 7.58. The van der Waals surface area contributed by atoms with Crippen molar-refractivity contribution >= 4 is 15.9 Å². The number of nitrogens with one attached hydrogen (secondary N) is 1. The average molecular weight is 203 g/mol. The van der Waals surface area contributed by atoms with Crippen LogP contribution in [0.4, 0.5) is 0 Å². The van der Waals surface area contributed by atoms with Gasteiger partial charge in [-0.1, -0.05) is 0 Å². The molecule has 3 aliphatic rings. The van der Waals surface area contributed by atoms with Gasteiger partial charge in [0.25, 0.3) is 0 Å². The Morgan fingerprint density at radius 1 is 1.31 bits per heavy atom. The Morgan fingerprint density at radius 3 is 2.69 bits per heavy atom. The van der Waals surface area contributed by atoms with Gasteiger partial charge in [0.2, 0.25) is 15.9 Å². The zero-order chi connectivity index (χ0) is 9.22. The van der Waals surface area contributed by atoms with Crippen molar-refractivity contribution in [2.75, 3.05) is 0 Å². The number of fused-ring (bicyclic) bond motifs is 5. The normalized spacial score (nSPS) is 50.6. The molecule has 0 spiro atoms. The maximum Gasteiger partial charge on any atom is 0.241 e. The van der Waals surface area contributed by atoms with E-state index in [0.717, 1.165) is 12.8 Å². The van der Waals surface area contributed by atoms with Gasteiger partial charge in [-0.2, -0.15) is 0 Å². The Morgan fingerprint density at radius 2 is 2.00 bits per heavy atom. The minimum Gasteiger partial charge on any atom is -0.373 e. The first-order valence-electron chi connectivity index (χ1n) is 4.30. The molecule has 4 atom stereocenters. The van der Waals surface area contributed by atoms with Gasteiger partial charge < -0.3 is 4.74 Å². The van der Waals surface area contributed by atoms with Crippen LogP contribution in [0.3, 0.4) is 0 Å². The summed E-state index contributed by atoms with van der Waals surface area (Å²) in [6, 6.07) is 0. The highest BCUT2D eigenvalue weighted by atomic mass is 32.2. The van der Waals surface area contributed by atoms with Gasteiger partial charge in [-0.25, -0.2) is 8.42 Å². The number of carbonyl (C=O) groups excluding carboxylic acids is 1. The van der Waals surface area contributed by atoms with E-state index in [9.17, 15) is 13.2 Å². The molecule has 0 aromatic rings. The molecule has 0 aromatic heterocycles. The van der Waals surface area contributed by atoms with Gasteiger partial charge in [-0.15, -0.1) is 0 Å². The van der Waals surface area contributed by atoms with Gasteiger partial charge in [-0.05, 0) is 12.8 Å². The van der Waals surface area contributed by atoms with E-state index in [2.05, 4.69) is 0 Å². The lowest BCUT2D eigenvalue weighted by Gasteiger charge is -2.15. The van der Waals surface area contributed by atoms with Crippen LogP contribution in [0.25, 0.3) is 0 Å². The maximum absolute atomic E-state index is 11.4. The van der Waals surface area contributed by atoms with Crippen LogP contribution in [0.15, 0.2) is 0 Å². The van der Waals surface area contributed by atoms with E-state index in [0.29, 0.717) is 0 Å². The summed E-state index contributed by atoms with van der Waals surface area (Å²) in [6.45, 7) is 0. The molecule has 72 valence electrons. The number of ether oxygens (including phenoxy) is 1. The first kappa shape index (κ1) is 7.75. The fourth-order valence-corrected chi connectivity index (χ4v) is 4.46. The predicted molar refractivity (Wildman–Crippen MR) is 42.2 cm³/mol. The molecule has 0 aliphatic carbocycles. The van der Waals surface area contributed by atoms with Crippen LogP contribution in [0.1, 0.15) is 12.8 Å². The highest BCUT2D eigenvalue weighted by molar-refractivity contribution is 7.91. The molecular formula is C7H9NO4S. The highest BCUT2D eigenvalue weighted by Crippen LogP contribution is 2.45. The second-order valence-corrected chi connectivity index (χ2v) is 5.63. The molecule has 13 heavy (non-hydrogen) atoms. The van der Waals surface area contributed by atoms with E-state index < -0.39 is 21.2 Å². The predicted octanol–water partition coefficient (Wildman–Crippen LogP) is -1.01. The lowest BCUT2D eigenvalue weighted by atomic mass is 9.88. The van der Waals surface area contributed by atoms with Crippen LogP contribution in [0, 0.1) is 5.92 Å². The summed E-state index contributed by atoms with van der Waals surface area (Å²) >= 11 is 0. The summed E-state index contributed by atoms with van der Waals surface area (Å²) < 4.78 is 30.3. The molecule has 6 heteroatoms. The lowest BCUT2D eigenvalue weighted by Crippen LogP contribution is -2.34. The SMILES string of the molecule is O=C1NS(=O)(=O)C2C3CCC(O3)C12. The summed E-state index contributed by atoms with van der Waals surface area (Å²) in [5, 5.41) is -0.612. The summed E-state index contributed by atoms with van der Waals surface area (Å²) in [5.74, 6) is -0.819. The van der Waals surface area contributed by atoms with Gasteiger partial charge >= 0.3 is 0 Å². The zero-order valence-electron chi connectivity index (χ0n) is 6.76. The number of amides is 1. The van der Waals surface area contributed by atoms with Crippen molar-refractivity contribution in [3.63, 3.8) is 0 Å². The molecule has 0 saturated carbocycles. The van der Waals surface area contributed by atoms with Crippen LogP contribution in [0.5, 0.6) is 0 Å². The molecule has 3 fully saturated rings. The third kappa shape index (κ3) is 0.800. The van der Waals surface area contributed by atoms with Gasteiger partial charge in [-0.3, -0.25) is 9.52 Å². The minimum atomic E-state index is -3.43. The molecule has 3 rings (SSSR count). The fourth-order valence-electron chi connectivity index (χ4n) is 2.62. The third-order valence-electron chi connectivity index (χ3n) is 3.11. The molecule has 1 amide bonds. The van der Waals surface area contributed by atoms with E-state index in [1.54, 1.807) is 0 Å². The number of rotatable bonds is 0. The Kier molecular flexibility index (Phi) is 1.23. The van der Waals surface area contributed by atoms with E-state index in [1.165, 1.54) is 0 Å². The van der Waals surface area contributed by atoms with Crippen LogP contribution >= 0.6 is 0 Å². The maximum atomic E-state index is 11.4. The quantitative estimate of drug-likeness (QED) is 0.547. The highest BCUT2D eigenvalue weighted by Gasteiger charge is 2.62. The first-order chi connectivity index (χ1) is 6.09. The second-order valence-electron chi connectivity index (χ2n) is 3.79. The standard InChI is InChI=1S/C7H9NO4S/c9-7-5-3-1-2-4(12-3)6(5)13(10,11)8-7/h3-6H,1-2H2,(H,8,9). The number of carbonyl (C=O) groups is 1. The summed E-state index contributed by atoms with van der Waals surface area (Å²) in [4.78, 5) is 11.3. The molecular weight excluding hydrogens is 194 g/mol. The lowest BCUT2D eigenvalue weighted by molar-refractivity contribution is -0.123. The topological polar surface area (TPSA) is 72.5 Å². The van der Waals surface area contributed by atoms with Crippen LogP contribution in [-0.2, 0) is 19.6 Å². The number of hydrogen-bond acceptors (Lipinski definition) is 4. The van der Waals surface area contributed by atoms with Crippen LogP contribution in [-0.4, -0.2) is 31.8 Å². The van der Waals surface area contributed by atoms with Crippen molar-refractivity contribution in [1.82, 2.24) is 4.72 Å². The monoisotopic (exact) mass is 203 g/mol. The van der Waals surface area contributed by atoms with Gasteiger partial charge in [0.05, 0.1) is 18.1 Å². The molecule has 2 bridgehead atoms. The molecule has 3 aliphatic heterocycles. The molecule has 0 aromatic carbocycles. The van der Waals surface area contributed by atoms with Crippen LogP contribution < -0.4 is 4.72 Å². The Labute approximate surface area is 75.5 Å². The minimum absolute atomic E-state index is 0.160. The van der Waals surface area contributed by atoms with E-state index in [-0.39, 0.29) is 18.1 Å². The Bertz CT molecular complexity index is 376. The molecule has 0 radical (unpaired) electrons. The molecule has 1 N–H and O–H groups in total. The summed E-state index contributed by atoms with van der Waals surface area (Å²) in [6.07, 6.45) is 1.17. The molecule has 3 heterocycles. The van der Waals surface area contributed by atoms with E-state index in [4.69, 9.17) is 4.74 Å². The first-order valence-corrected chi connectivity index (χ1v) is 5.85. The van der Waals surface area contributed by atoms with Crippen molar-refractivity contribution in [3.8, 4) is 0 Å². The van der Waals surface area contributed by atoms with Gasteiger partial charge in [0, 0.05) is 0 Å². The molecule has 4 unspecified atom stereocenters. The Balaban J connectivity index is 2.11. The second kappa shape index (κ2) is 2.06. The Hall–Kier alpha value is -0.620. The van der Waals surface area contributed by atoms with Gasteiger partial charge in [0.1, 0.15) is 5.25 Å². The number of hydrogen-bond donors (Lipinski definition) is 1. The van der Waals surface area contributed by atoms with Crippen molar-refractivity contribution in [1.29, 1.82) is 0 Å². The van der Waals surface area contributed by atoms with E-state index in [1.807, 2.05) is 4.72 Å². The molecule has 5 nitrogen and oxygen atoms in total. The van der Waals surface area contributed by atoms with Gasteiger partial charge in [0.15, 0.2) is 0 Å². The summed E-state index contributed by atoms with van der Waals surface area (Å²) in [7, 11) is -3.43. The van der Waals surface area contributed by atoms with Crippen molar-refractivity contribution in [2.45, 2.75) is 30.3 Å². The number of sulfonamides is 1.